The van der Waals surface area contributed by atoms with Gasteiger partial charge in [-0.15, -0.1) is 0 Å². The zero-order chi connectivity index (χ0) is 12.4. The maximum Gasteiger partial charge on any atom is 0.234 e. The minimum absolute atomic E-state index is 0.0622. The Morgan fingerprint density at radius 1 is 1.33 bits per heavy atom. The van der Waals surface area contributed by atoms with Crippen LogP contribution in [0.4, 0.5) is 0 Å². The van der Waals surface area contributed by atoms with Crippen LogP contribution in [-0.4, -0.2) is 23.5 Å². The van der Waals surface area contributed by atoms with Gasteiger partial charge in [-0.3, -0.25) is 4.79 Å². The van der Waals surface area contributed by atoms with Crippen molar-refractivity contribution < 1.29 is 4.79 Å². The molecule has 0 saturated heterocycles. The van der Waals surface area contributed by atoms with E-state index in [1.54, 1.807) is 0 Å². The van der Waals surface area contributed by atoms with E-state index in [0.29, 0.717) is 19.1 Å². The van der Waals surface area contributed by atoms with Crippen molar-refractivity contribution in [1.29, 1.82) is 0 Å². The van der Waals surface area contributed by atoms with E-state index in [4.69, 9.17) is 0 Å². The minimum Gasteiger partial charge on any atom is -0.361 e. The molecule has 4 nitrogen and oxygen atoms in total. The molecule has 1 heterocycles. The zero-order valence-corrected chi connectivity index (χ0v) is 10.2. The van der Waals surface area contributed by atoms with Crippen LogP contribution in [0.1, 0.15) is 18.4 Å². The highest BCUT2D eigenvalue weighted by Gasteiger charge is 2.20. The van der Waals surface area contributed by atoms with E-state index in [1.165, 1.54) is 18.2 Å². The van der Waals surface area contributed by atoms with Gasteiger partial charge in [-0.2, -0.15) is 0 Å². The molecule has 1 amide bonds. The second kappa shape index (κ2) is 4.82. The Balaban J connectivity index is 1.57. The van der Waals surface area contributed by atoms with Crippen molar-refractivity contribution in [3.8, 4) is 0 Å². The summed E-state index contributed by atoms with van der Waals surface area (Å²) < 4.78 is 0. The number of hydrogen-bond acceptors (Lipinski definition) is 2. The highest BCUT2D eigenvalue weighted by Crippen LogP contribution is 2.18. The summed E-state index contributed by atoms with van der Waals surface area (Å²) in [7, 11) is 0. The Bertz CT molecular complexity index is 557. The maximum atomic E-state index is 11.6. The third kappa shape index (κ3) is 2.54. The van der Waals surface area contributed by atoms with Gasteiger partial charge in [0, 0.05) is 29.7 Å². The lowest BCUT2D eigenvalue weighted by molar-refractivity contribution is -0.120. The molecule has 0 radical (unpaired) electrons. The van der Waals surface area contributed by atoms with Crippen molar-refractivity contribution in [2.24, 2.45) is 0 Å². The van der Waals surface area contributed by atoms with Gasteiger partial charge >= 0.3 is 0 Å². The molecule has 18 heavy (non-hydrogen) atoms. The number of para-hydroxylation sites is 1. The number of amides is 1. The average Bonchev–Trinajstić information content (AvgIpc) is 3.14. The van der Waals surface area contributed by atoms with E-state index in [9.17, 15) is 4.79 Å². The number of fused-ring (bicyclic) bond motifs is 1. The summed E-state index contributed by atoms with van der Waals surface area (Å²) in [5, 5.41) is 7.32. The molecule has 0 aliphatic heterocycles. The summed E-state index contributed by atoms with van der Waals surface area (Å²) in [6.07, 6.45) is 4.37. The number of aromatic nitrogens is 1. The lowest BCUT2D eigenvalue weighted by Crippen LogP contribution is -2.34. The van der Waals surface area contributed by atoms with E-state index in [2.05, 4.69) is 21.7 Å². The van der Waals surface area contributed by atoms with Crippen LogP contribution in [-0.2, 0) is 11.3 Å². The first-order chi connectivity index (χ1) is 8.83. The van der Waals surface area contributed by atoms with Crippen LogP contribution in [0, 0.1) is 0 Å². The van der Waals surface area contributed by atoms with Gasteiger partial charge in [0.2, 0.25) is 5.91 Å². The van der Waals surface area contributed by atoms with Crippen LogP contribution in [0.2, 0.25) is 0 Å². The molecule has 3 N–H and O–H groups in total. The largest absolute Gasteiger partial charge is 0.361 e. The summed E-state index contributed by atoms with van der Waals surface area (Å²) in [5.74, 6) is 0.0622. The molecular formula is C14H17N3O. The number of benzene rings is 1. The summed E-state index contributed by atoms with van der Waals surface area (Å²) in [6.45, 7) is 1.00. The topological polar surface area (TPSA) is 56.9 Å². The minimum atomic E-state index is 0.0622. The van der Waals surface area contributed by atoms with Crippen LogP contribution in [0.5, 0.6) is 0 Å². The Kier molecular flexibility index (Phi) is 3.02. The number of aromatic amines is 1. The number of nitrogens with one attached hydrogen (secondary N) is 3. The SMILES string of the molecule is O=C(CNC1CC1)NCc1c[nH]c2ccccc12. The fourth-order valence-electron chi connectivity index (χ4n) is 2.06. The van der Waals surface area contributed by atoms with Crippen molar-refractivity contribution in [2.75, 3.05) is 6.54 Å². The van der Waals surface area contributed by atoms with Gasteiger partial charge in [0.05, 0.1) is 6.54 Å². The fraction of sp³-hybridized carbons (Fsp3) is 0.357. The summed E-state index contributed by atoms with van der Waals surface area (Å²) in [6, 6.07) is 8.69. The highest BCUT2D eigenvalue weighted by molar-refractivity contribution is 5.84. The normalized spacial score (nSPS) is 14.9. The average molecular weight is 243 g/mol. The van der Waals surface area contributed by atoms with Crippen molar-refractivity contribution in [3.63, 3.8) is 0 Å². The van der Waals surface area contributed by atoms with E-state index in [1.807, 2.05) is 24.4 Å². The van der Waals surface area contributed by atoms with Crippen LogP contribution < -0.4 is 10.6 Å². The smallest absolute Gasteiger partial charge is 0.234 e. The lowest BCUT2D eigenvalue weighted by Gasteiger charge is -2.05. The van der Waals surface area contributed by atoms with Gasteiger partial charge in [0.25, 0.3) is 0 Å². The standard InChI is InChI=1S/C14H17N3O/c18-14(9-15-11-5-6-11)17-8-10-7-16-13-4-2-1-3-12(10)13/h1-4,7,11,15-16H,5-6,8-9H2,(H,17,18). The quantitative estimate of drug-likeness (QED) is 0.746. The molecule has 0 spiro atoms. The second-order valence-corrected chi connectivity index (χ2v) is 4.79. The van der Waals surface area contributed by atoms with E-state index >= 15 is 0 Å². The predicted octanol–water partition coefficient (Wildman–Crippen LogP) is 1.54. The van der Waals surface area contributed by atoms with Crippen molar-refractivity contribution >= 4 is 16.8 Å². The number of carbonyl (C=O) groups is 1. The summed E-state index contributed by atoms with van der Waals surface area (Å²) in [4.78, 5) is 14.8. The maximum absolute atomic E-state index is 11.6. The molecular weight excluding hydrogens is 226 g/mol. The van der Waals surface area contributed by atoms with Gasteiger partial charge in [-0.25, -0.2) is 0 Å². The molecule has 0 unspecified atom stereocenters. The molecule has 1 fully saturated rings. The Hall–Kier alpha value is -1.81. The summed E-state index contributed by atoms with van der Waals surface area (Å²) >= 11 is 0. The molecule has 3 rings (SSSR count). The predicted molar refractivity (Wildman–Crippen MR) is 71.2 cm³/mol. The van der Waals surface area contributed by atoms with Gasteiger partial charge in [-0.05, 0) is 24.5 Å². The van der Waals surface area contributed by atoms with Crippen LogP contribution in [0.15, 0.2) is 30.5 Å². The van der Waals surface area contributed by atoms with Crippen molar-refractivity contribution in [3.05, 3.63) is 36.0 Å². The monoisotopic (exact) mass is 243 g/mol. The summed E-state index contributed by atoms with van der Waals surface area (Å²) in [5.41, 5.74) is 2.24. The third-order valence-corrected chi connectivity index (χ3v) is 3.28. The van der Waals surface area contributed by atoms with E-state index in [-0.39, 0.29) is 5.91 Å². The number of rotatable bonds is 5. The molecule has 94 valence electrons. The number of H-pyrrole nitrogens is 1. The van der Waals surface area contributed by atoms with Crippen LogP contribution in [0.25, 0.3) is 10.9 Å². The first kappa shape index (κ1) is 11.3. The molecule has 1 aliphatic rings. The number of carbonyl (C=O) groups excluding carboxylic acids is 1. The number of hydrogen-bond donors (Lipinski definition) is 3. The first-order valence-electron chi connectivity index (χ1n) is 6.38. The van der Waals surface area contributed by atoms with Crippen molar-refractivity contribution in [2.45, 2.75) is 25.4 Å². The van der Waals surface area contributed by atoms with Gasteiger partial charge in [-0.1, -0.05) is 18.2 Å². The highest BCUT2D eigenvalue weighted by atomic mass is 16.1. The molecule has 1 aliphatic carbocycles. The lowest BCUT2D eigenvalue weighted by atomic mass is 10.2. The zero-order valence-electron chi connectivity index (χ0n) is 10.2. The first-order valence-corrected chi connectivity index (χ1v) is 6.38. The van der Waals surface area contributed by atoms with Gasteiger partial charge in [0.1, 0.15) is 0 Å². The Morgan fingerprint density at radius 2 is 2.17 bits per heavy atom. The molecule has 0 atom stereocenters. The molecule has 2 aromatic rings. The Morgan fingerprint density at radius 3 is 3.00 bits per heavy atom. The molecule has 1 aromatic heterocycles. The third-order valence-electron chi connectivity index (χ3n) is 3.28. The van der Waals surface area contributed by atoms with Crippen LogP contribution in [0.3, 0.4) is 0 Å². The van der Waals surface area contributed by atoms with E-state index < -0.39 is 0 Å². The fourth-order valence-corrected chi connectivity index (χ4v) is 2.06. The molecule has 1 aromatic carbocycles. The van der Waals surface area contributed by atoms with Crippen LogP contribution >= 0.6 is 0 Å². The van der Waals surface area contributed by atoms with Crippen molar-refractivity contribution in [1.82, 2.24) is 15.6 Å². The van der Waals surface area contributed by atoms with Gasteiger partial charge in [0.15, 0.2) is 0 Å². The molecule has 4 heteroatoms. The van der Waals surface area contributed by atoms with E-state index in [0.717, 1.165) is 11.1 Å². The molecule has 0 bridgehead atoms. The van der Waals surface area contributed by atoms with Gasteiger partial charge < -0.3 is 15.6 Å². The molecule has 1 saturated carbocycles. The Labute approximate surface area is 106 Å². The second-order valence-electron chi connectivity index (χ2n) is 4.79.